The van der Waals surface area contributed by atoms with E-state index in [1.54, 1.807) is 17.1 Å². The Bertz CT molecular complexity index is 695. The number of benzene rings is 1. The molecule has 0 spiro atoms. The van der Waals surface area contributed by atoms with Gasteiger partial charge in [-0.1, -0.05) is 15.9 Å². The van der Waals surface area contributed by atoms with E-state index in [9.17, 15) is 4.79 Å². The molecule has 20 heavy (non-hydrogen) atoms. The monoisotopic (exact) mass is 330 g/mol. The zero-order valence-corrected chi connectivity index (χ0v) is 12.1. The summed E-state index contributed by atoms with van der Waals surface area (Å²) in [5.74, 6) is -0.306. The fraction of sp³-hybridized carbons (Fsp3) is 0.214. The molecule has 1 aromatic carbocycles. The molecule has 0 unspecified atom stereocenters. The number of aromatic nitrogens is 2. The number of rotatable bonds is 3. The maximum Gasteiger partial charge on any atom is 0.272 e. The van der Waals surface area contributed by atoms with E-state index >= 15 is 0 Å². The lowest BCUT2D eigenvalue weighted by molar-refractivity contribution is 0.0937. The van der Waals surface area contributed by atoms with Crippen molar-refractivity contribution in [2.75, 3.05) is 0 Å². The number of hydrogen-bond donors (Lipinski definition) is 1. The zero-order chi connectivity index (χ0) is 14.2. The van der Waals surface area contributed by atoms with E-state index < -0.39 is 5.54 Å². The first-order chi connectivity index (χ1) is 9.62. The standard InChI is InChI=1S/C14H11BrN4O/c15-10-1-3-11(4-2-10)19-7-12(17-9-19)13(20)18-14(8-16)5-6-14/h1-4,7,9H,5-6H2,(H,18,20). The van der Waals surface area contributed by atoms with Gasteiger partial charge in [-0.25, -0.2) is 4.98 Å². The fourth-order valence-corrected chi connectivity index (χ4v) is 2.13. The Morgan fingerprint density at radius 1 is 1.40 bits per heavy atom. The Kier molecular flexibility index (Phi) is 3.07. The van der Waals surface area contributed by atoms with Gasteiger partial charge in [0.2, 0.25) is 0 Å². The van der Waals surface area contributed by atoms with E-state index in [1.165, 1.54) is 0 Å². The van der Waals surface area contributed by atoms with Crippen LogP contribution in [-0.4, -0.2) is 21.0 Å². The van der Waals surface area contributed by atoms with Gasteiger partial charge >= 0.3 is 0 Å². The van der Waals surface area contributed by atoms with Crippen LogP contribution in [0.4, 0.5) is 0 Å². The summed E-state index contributed by atoms with van der Waals surface area (Å²) in [6.45, 7) is 0. The summed E-state index contributed by atoms with van der Waals surface area (Å²) in [4.78, 5) is 16.1. The summed E-state index contributed by atoms with van der Waals surface area (Å²) < 4.78 is 2.76. The Morgan fingerprint density at radius 3 is 2.70 bits per heavy atom. The van der Waals surface area contributed by atoms with Gasteiger partial charge < -0.3 is 9.88 Å². The molecule has 1 saturated carbocycles. The van der Waals surface area contributed by atoms with Crippen molar-refractivity contribution in [3.8, 4) is 11.8 Å². The molecule has 1 amide bonds. The lowest BCUT2D eigenvalue weighted by Gasteiger charge is -2.06. The maximum atomic E-state index is 12.0. The zero-order valence-electron chi connectivity index (χ0n) is 10.5. The molecule has 0 radical (unpaired) electrons. The van der Waals surface area contributed by atoms with E-state index in [4.69, 9.17) is 5.26 Å². The molecule has 2 aromatic rings. The summed E-state index contributed by atoms with van der Waals surface area (Å²) in [5.41, 5.74) is 0.564. The Hall–Kier alpha value is -2.13. The van der Waals surface area contributed by atoms with Crippen molar-refractivity contribution in [2.45, 2.75) is 18.4 Å². The van der Waals surface area contributed by atoms with E-state index in [0.29, 0.717) is 18.5 Å². The molecular formula is C14H11BrN4O. The van der Waals surface area contributed by atoms with Gasteiger partial charge in [0.05, 0.1) is 6.07 Å². The Morgan fingerprint density at radius 2 is 2.10 bits per heavy atom. The third-order valence-electron chi connectivity index (χ3n) is 3.26. The number of nitriles is 1. The van der Waals surface area contributed by atoms with Gasteiger partial charge in [-0.05, 0) is 37.1 Å². The van der Waals surface area contributed by atoms with Crippen molar-refractivity contribution in [3.63, 3.8) is 0 Å². The van der Waals surface area contributed by atoms with E-state index in [0.717, 1.165) is 10.2 Å². The number of hydrogen-bond acceptors (Lipinski definition) is 3. The number of halogens is 1. The van der Waals surface area contributed by atoms with Crippen LogP contribution in [0.25, 0.3) is 5.69 Å². The van der Waals surface area contributed by atoms with Crippen LogP contribution in [-0.2, 0) is 0 Å². The second-order valence-corrected chi connectivity index (χ2v) is 5.71. The first kappa shape index (κ1) is 12.9. The third kappa shape index (κ3) is 2.45. The van der Waals surface area contributed by atoms with E-state index in [-0.39, 0.29) is 5.91 Å². The number of imidazole rings is 1. The number of nitrogens with zero attached hydrogens (tertiary/aromatic N) is 3. The molecule has 1 heterocycles. The van der Waals surface area contributed by atoms with Crippen LogP contribution in [0, 0.1) is 11.3 Å². The summed E-state index contributed by atoms with van der Waals surface area (Å²) in [6, 6.07) is 9.81. The molecule has 3 rings (SSSR count). The molecule has 0 aliphatic heterocycles. The molecule has 1 aliphatic carbocycles. The maximum absolute atomic E-state index is 12.0. The fourth-order valence-electron chi connectivity index (χ4n) is 1.87. The lowest BCUT2D eigenvalue weighted by Crippen LogP contribution is -2.35. The average molecular weight is 331 g/mol. The van der Waals surface area contributed by atoms with E-state index in [1.807, 2.05) is 24.3 Å². The van der Waals surface area contributed by atoms with Crippen molar-refractivity contribution in [2.24, 2.45) is 0 Å². The summed E-state index contributed by atoms with van der Waals surface area (Å²) >= 11 is 3.37. The van der Waals surface area contributed by atoms with Crippen LogP contribution in [0.15, 0.2) is 41.3 Å². The van der Waals surface area contributed by atoms with Crippen molar-refractivity contribution < 1.29 is 4.79 Å². The minimum absolute atomic E-state index is 0.306. The second kappa shape index (κ2) is 4.76. The minimum atomic E-state index is -0.668. The van der Waals surface area contributed by atoms with Crippen LogP contribution >= 0.6 is 15.9 Å². The molecule has 100 valence electrons. The highest BCUT2D eigenvalue weighted by molar-refractivity contribution is 9.10. The number of carbonyl (C=O) groups excluding carboxylic acids is 1. The van der Waals surface area contributed by atoms with Crippen LogP contribution < -0.4 is 5.32 Å². The van der Waals surface area contributed by atoms with Crippen LogP contribution in [0.1, 0.15) is 23.3 Å². The van der Waals surface area contributed by atoms with Crippen molar-refractivity contribution in [1.29, 1.82) is 5.26 Å². The molecule has 0 atom stereocenters. The lowest BCUT2D eigenvalue weighted by atomic mass is 10.3. The van der Waals surface area contributed by atoms with Crippen LogP contribution in [0.2, 0.25) is 0 Å². The molecule has 6 heteroatoms. The first-order valence-corrected chi connectivity index (χ1v) is 6.95. The summed E-state index contributed by atoms with van der Waals surface area (Å²) in [7, 11) is 0. The minimum Gasteiger partial charge on any atom is -0.332 e. The summed E-state index contributed by atoms with van der Waals surface area (Å²) in [6.07, 6.45) is 4.67. The molecule has 1 aromatic heterocycles. The van der Waals surface area contributed by atoms with Gasteiger partial charge in [0.15, 0.2) is 0 Å². The molecule has 0 saturated heterocycles. The number of nitrogens with one attached hydrogen (secondary N) is 1. The molecule has 0 bridgehead atoms. The third-order valence-corrected chi connectivity index (χ3v) is 3.79. The van der Waals surface area contributed by atoms with Gasteiger partial charge in [0, 0.05) is 16.4 Å². The van der Waals surface area contributed by atoms with Gasteiger partial charge in [0.25, 0.3) is 5.91 Å². The predicted molar refractivity (Wildman–Crippen MR) is 76.3 cm³/mol. The Balaban J connectivity index is 1.78. The molecule has 1 fully saturated rings. The van der Waals surface area contributed by atoms with Gasteiger partial charge in [-0.15, -0.1) is 0 Å². The molecular weight excluding hydrogens is 320 g/mol. The highest BCUT2D eigenvalue weighted by Crippen LogP contribution is 2.34. The molecule has 1 N–H and O–H groups in total. The highest BCUT2D eigenvalue weighted by atomic mass is 79.9. The first-order valence-electron chi connectivity index (χ1n) is 6.16. The Labute approximate surface area is 124 Å². The quantitative estimate of drug-likeness (QED) is 0.939. The predicted octanol–water partition coefficient (Wildman–Crippen LogP) is 2.42. The normalized spacial score (nSPS) is 15.4. The number of carbonyl (C=O) groups is 1. The van der Waals surface area contributed by atoms with Crippen molar-refractivity contribution >= 4 is 21.8 Å². The van der Waals surface area contributed by atoms with E-state index in [2.05, 4.69) is 32.3 Å². The SMILES string of the molecule is N#CC1(NC(=O)c2cn(-c3ccc(Br)cc3)cn2)CC1. The van der Waals surface area contributed by atoms with Gasteiger partial charge in [-0.2, -0.15) is 5.26 Å². The number of amides is 1. The smallest absolute Gasteiger partial charge is 0.272 e. The topological polar surface area (TPSA) is 70.7 Å². The second-order valence-electron chi connectivity index (χ2n) is 4.79. The van der Waals surface area contributed by atoms with Gasteiger partial charge in [-0.3, -0.25) is 4.79 Å². The largest absolute Gasteiger partial charge is 0.332 e. The van der Waals surface area contributed by atoms with Crippen molar-refractivity contribution in [1.82, 2.24) is 14.9 Å². The molecule has 5 nitrogen and oxygen atoms in total. The summed E-state index contributed by atoms with van der Waals surface area (Å²) in [5, 5.41) is 11.7. The van der Waals surface area contributed by atoms with Crippen LogP contribution in [0.3, 0.4) is 0 Å². The average Bonchev–Trinajstić information content (AvgIpc) is 3.04. The van der Waals surface area contributed by atoms with Crippen molar-refractivity contribution in [3.05, 3.63) is 47.0 Å². The van der Waals surface area contributed by atoms with Gasteiger partial charge in [0.1, 0.15) is 17.6 Å². The molecule has 1 aliphatic rings. The van der Waals surface area contributed by atoms with Crippen LogP contribution in [0.5, 0.6) is 0 Å². The highest BCUT2D eigenvalue weighted by Gasteiger charge is 2.45.